The number of aliphatic hydroxyl groups is 3. The van der Waals surface area contributed by atoms with Crippen LogP contribution >= 0.6 is 0 Å². The third-order valence-electron chi connectivity index (χ3n) is 2.45. The monoisotopic (exact) mass is 226 g/mol. The van der Waals surface area contributed by atoms with Crippen molar-refractivity contribution in [2.75, 3.05) is 6.61 Å². The van der Waals surface area contributed by atoms with E-state index in [9.17, 15) is 15.3 Å². The van der Waals surface area contributed by atoms with Gasteiger partial charge in [-0.05, 0) is 12.1 Å². The molecule has 0 saturated carbocycles. The van der Waals surface area contributed by atoms with Gasteiger partial charge in [-0.15, -0.1) is 0 Å². The minimum Gasteiger partial charge on any atom is -0.462 e. The van der Waals surface area contributed by atoms with Crippen LogP contribution in [0.1, 0.15) is 0 Å². The summed E-state index contributed by atoms with van der Waals surface area (Å²) in [5.41, 5.74) is 0. The SMILES string of the molecule is OC1C(O)[C@H](O)CO[C@H]1Oc1ccccc1. The predicted molar refractivity (Wildman–Crippen MR) is 54.8 cm³/mol. The van der Waals surface area contributed by atoms with Crippen molar-refractivity contribution in [2.24, 2.45) is 0 Å². The van der Waals surface area contributed by atoms with Crippen LogP contribution in [0.4, 0.5) is 0 Å². The Morgan fingerprint density at radius 1 is 1.06 bits per heavy atom. The third kappa shape index (κ3) is 2.33. The molecule has 0 radical (unpaired) electrons. The lowest BCUT2D eigenvalue weighted by Crippen LogP contribution is -2.54. The fourth-order valence-electron chi connectivity index (χ4n) is 1.52. The maximum atomic E-state index is 9.61. The fraction of sp³-hybridized carbons (Fsp3) is 0.455. The molecule has 1 aromatic carbocycles. The van der Waals surface area contributed by atoms with Gasteiger partial charge in [0.2, 0.25) is 6.29 Å². The number of hydrogen-bond donors (Lipinski definition) is 3. The number of benzene rings is 1. The predicted octanol–water partition coefficient (Wildman–Crippen LogP) is -0.496. The van der Waals surface area contributed by atoms with E-state index in [4.69, 9.17) is 9.47 Å². The topological polar surface area (TPSA) is 79.2 Å². The van der Waals surface area contributed by atoms with Gasteiger partial charge >= 0.3 is 0 Å². The van der Waals surface area contributed by atoms with E-state index in [0.717, 1.165) is 0 Å². The zero-order valence-corrected chi connectivity index (χ0v) is 8.56. The van der Waals surface area contributed by atoms with Crippen LogP contribution in [0.2, 0.25) is 0 Å². The highest BCUT2D eigenvalue weighted by molar-refractivity contribution is 5.21. The highest BCUT2D eigenvalue weighted by Gasteiger charge is 2.38. The summed E-state index contributed by atoms with van der Waals surface area (Å²) in [4.78, 5) is 0. The summed E-state index contributed by atoms with van der Waals surface area (Å²) in [6.45, 7) is -0.0598. The lowest BCUT2D eigenvalue weighted by Gasteiger charge is -2.34. The summed E-state index contributed by atoms with van der Waals surface area (Å²) in [6, 6.07) is 8.84. The van der Waals surface area contributed by atoms with Crippen molar-refractivity contribution in [1.29, 1.82) is 0 Å². The van der Waals surface area contributed by atoms with E-state index in [2.05, 4.69) is 0 Å². The summed E-state index contributed by atoms with van der Waals surface area (Å²) in [6.07, 6.45) is -4.54. The van der Waals surface area contributed by atoms with Crippen LogP contribution in [0.3, 0.4) is 0 Å². The molecule has 5 nitrogen and oxygen atoms in total. The largest absolute Gasteiger partial charge is 0.462 e. The molecule has 1 heterocycles. The lowest BCUT2D eigenvalue weighted by atomic mass is 10.1. The third-order valence-corrected chi connectivity index (χ3v) is 2.45. The van der Waals surface area contributed by atoms with Crippen molar-refractivity contribution in [1.82, 2.24) is 0 Å². The van der Waals surface area contributed by atoms with Gasteiger partial charge in [-0.2, -0.15) is 0 Å². The second-order valence-corrected chi connectivity index (χ2v) is 3.68. The number of aliphatic hydroxyl groups excluding tert-OH is 3. The van der Waals surface area contributed by atoms with Crippen molar-refractivity contribution in [2.45, 2.75) is 24.6 Å². The lowest BCUT2D eigenvalue weighted by molar-refractivity contribution is -0.242. The molecule has 2 rings (SSSR count). The van der Waals surface area contributed by atoms with Crippen molar-refractivity contribution in [3.63, 3.8) is 0 Å². The van der Waals surface area contributed by atoms with Crippen LogP contribution in [0, 0.1) is 0 Å². The van der Waals surface area contributed by atoms with Crippen LogP contribution in [-0.4, -0.2) is 46.5 Å². The minimum atomic E-state index is -1.26. The van der Waals surface area contributed by atoms with Gasteiger partial charge in [0.15, 0.2) is 0 Å². The van der Waals surface area contributed by atoms with E-state index in [0.29, 0.717) is 5.75 Å². The molecular weight excluding hydrogens is 212 g/mol. The summed E-state index contributed by atoms with van der Waals surface area (Å²) in [7, 11) is 0. The minimum absolute atomic E-state index is 0.0598. The summed E-state index contributed by atoms with van der Waals surface area (Å²) < 4.78 is 10.4. The molecule has 1 aliphatic heterocycles. The van der Waals surface area contributed by atoms with Gasteiger partial charge in [-0.1, -0.05) is 18.2 Å². The number of ether oxygens (including phenoxy) is 2. The molecule has 3 N–H and O–H groups in total. The molecule has 2 unspecified atom stereocenters. The van der Waals surface area contributed by atoms with Crippen LogP contribution in [0.25, 0.3) is 0 Å². The van der Waals surface area contributed by atoms with Gasteiger partial charge in [-0.3, -0.25) is 0 Å². The zero-order chi connectivity index (χ0) is 11.5. The van der Waals surface area contributed by atoms with Crippen molar-refractivity contribution in [3.05, 3.63) is 30.3 Å². The molecule has 0 aromatic heterocycles. The maximum absolute atomic E-state index is 9.61. The fourth-order valence-corrected chi connectivity index (χ4v) is 1.52. The highest BCUT2D eigenvalue weighted by atomic mass is 16.7. The Bertz CT molecular complexity index is 328. The molecule has 5 heteroatoms. The molecule has 1 fully saturated rings. The zero-order valence-electron chi connectivity index (χ0n) is 8.56. The van der Waals surface area contributed by atoms with E-state index < -0.39 is 24.6 Å². The Labute approximate surface area is 92.9 Å². The molecule has 1 aliphatic rings. The Hall–Kier alpha value is -1.14. The average Bonchev–Trinajstić information content (AvgIpc) is 2.31. The van der Waals surface area contributed by atoms with E-state index in [1.807, 2.05) is 6.07 Å². The van der Waals surface area contributed by atoms with Gasteiger partial charge in [0.25, 0.3) is 0 Å². The van der Waals surface area contributed by atoms with E-state index in [-0.39, 0.29) is 6.61 Å². The second-order valence-electron chi connectivity index (χ2n) is 3.68. The Balaban J connectivity index is 2.00. The first-order chi connectivity index (χ1) is 7.68. The van der Waals surface area contributed by atoms with Crippen molar-refractivity contribution in [3.8, 4) is 5.75 Å². The summed E-state index contributed by atoms with van der Waals surface area (Å²) >= 11 is 0. The van der Waals surface area contributed by atoms with Gasteiger partial charge in [0, 0.05) is 0 Å². The summed E-state index contributed by atoms with van der Waals surface area (Å²) in [5.74, 6) is 0.537. The van der Waals surface area contributed by atoms with Crippen LogP contribution < -0.4 is 4.74 Å². The van der Waals surface area contributed by atoms with E-state index in [1.165, 1.54) is 0 Å². The van der Waals surface area contributed by atoms with Crippen LogP contribution in [0.5, 0.6) is 5.75 Å². The molecule has 88 valence electrons. The first-order valence-corrected chi connectivity index (χ1v) is 5.06. The molecule has 16 heavy (non-hydrogen) atoms. The smallest absolute Gasteiger partial charge is 0.228 e. The Morgan fingerprint density at radius 3 is 2.44 bits per heavy atom. The van der Waals surface area contributed by atoms with Gasteiger partial charge < -0.3 is 24.8 Å². The number of para-hydroxylation sites is 1. The number of rotatable bonds is 2. The maximum Gasteiger partial charge on any atom is 0.228 e. The molecule has 1 saturated heterocycles. The Kier molecular flexibility index (Phi) is 3.40. The highest BCUT2D eigenvalue weighted by Crippen LogP contribution is 2.19. The molecule has 0 bridgehead atoms. The second kappa shape index (κ2) is 4.80. The first kappa shape index (κ1) is 11.3. The molecule has 0 spiro atoms. The Morgan fingerprint density at radius 2 is 1.75 bits per heavy atom. The van der Waals surface area contributed by atoms with Gasteiger partial charge in [0.1, 0.15) is 24.1 Å². The number of hydrogen-bond acceptors (Lipinski definition) is 5. The summed E-state index contributed by atoms with van der Waals surface area (Å²) in [5, 5.41) is 28.3. The average molecular weight is 226 g/mol. The van der Waals surface area contributed by atoms with E-state index in [1.54, 1.807) is 24.3 Å². The molecule has 1 aromatic rings. The normalized spacial score (nSPS) is 34.7. The van der Waals surface area contributed by atoms with Gasteiger partial charge in [0.05, 0.1) is 6.61 Å². The standard InChI is InChI=1S/C11H14O5/c12-8-6-15-11(10(14)9(8)13)16-7-4-2-1-3-5-7/h1-5,8-14H,6H2/t8-,9?,10?,11+/m1/s1. The van der Waals surface area contributed by atoms with Crippen LogP contribution in [0.15, 0.2) is 30.3 Å². The van der Waals surface area contributed by atoms with Crippen LogP contribution in [-0.2, 0) is 4.74 Å². The quantitative estimate of drug-likeness (QED) is 0.634. The van der Waals surface area contributed by atoms with E-state index >= 15 is 0 Å². The van der Waals surface area contributed by atoms with Gasteiger partial charge in [-0.25, -0.2) is 0 Å². The van der Waals surface area contributed by atoms with Crippen molar-refractivity contribution < 1.29 is 24.8 Å². The molecular formula is C11H14O5. The molecule has 4 atom stereocenters. The molecule has 0 aliphatic carbocycles. The first-order valence-electron chi connectivity index (χ1n) is 5.06. The molecule has 0 amide bonds. The van der Waals surface area contributed by atoms with Crippen molar-refractivity contribution >= 4 is 0 Å².